The van der Waals surface area contributed by atoms with Crippen molar-refractivity contribution in [2.24, 2.45) is 0 Å². The highest BCUT2D eigenvalue weighted by atomic mass is 28.3. The van der Waals surface area contributed by atoms with E-state index in [9.17, 15) is 0 Å². The first kappa shape index (κ1) is 42.2. The lowest BCUT2D eigenvalue weighted by atomic mass is 10.1. The summed E-state index contributed by atoms with van der Waals surface area (Å²) in [5, 5.41) is 0. The van der Waals surface area contributed by atoms with Crippen molar-refractivity contribution in [3.05, 3.63) is 285 Å². The van der Waals surface area contributed by atoms with E-state index in [1.54, 1.807) is 0 Å². The summed E-state index contributed by atoms with van der Waals surface area (Å²) >= 11 is 0. The number of benzene rings is 8. The van der Waals surface area contributed by atoms with Gasteiger partial charge in [0.25, 0.3) is 0 Å². The zero-order chi connectivity index (χ0) is 44.2. The molecule has 0 N–H and O–H groups in total. The summed E-state index contributed by atoms with van der Waals surface area (Å²) in [4.78, 5) is 0. The van der Waals surface area contributed by atoms with Gasteiger partial charge in [-0.25, -0.2) is 0 Å². The molecule has 0 atom stereocenters. The van der Waals surface area contributed by atoms with Crippen molar-refractivity contribution >= 4 is 8.07 Å². The molecule has 0 bridgehead atoms. The first-order chi connectivity index (χ1) is 32.1. The van der Waals surface area contributed by atoms with Crippen LogP contribution in [0.3, 0.4) is 0 Å². The molecule has 0 aliphatic rings. The van der Waals surface area contributed by atoms with E-state index in [4.69, 9.17) is 0 Å². The van der Waals surface area contributed by atoms with Crippen molar-refractivity contribution in [1.82, 2.24) is 0 Å². The summed E-state index contributed by atoms with van der Waals surface area (Å²) in [6, 6.07) is 71.5. The molecule has 0 aliphatic heterocycles. The monoisotopic (exact) mass is 832 g/mol. The van der Waals surface area contributed by atoms with E-state index in [1.807, 2.05) is 218 Å². The Kier molecular flexibility index (Phi) is 14.2. The maximum Gasteiger partial charge on any atom is 0.370 e. The van der Waals surface area contributed by atoms with Gasteiger partial charge in [-0.3, -0.25) is 0 Å². The summed E-state index contributed by atoms with van der Waals surface area (Å²) in [5.74, 6) is 39.6. The third-order valence-corrected chi connectivity index (χ3v) is 11.6. The minimum Gasteiger partial charge on any atom is -0.0825 e. The maximum absolute atomic E-state index is 3.55. The molecule has 0 aliphatic carbocycles. The third kappa shape index (κ3) is 13.2. The first-order valence-electron chi connectivity index (χ1n) is 20.9. The Hall–Kier alpha value is -9.54. The summed E-state index contributed by atoms with van der Waals surface area (Å²) in [6.07, 6.45) is 0. The van der Waals surface area contributed by atoms with Crippen molar-refractivity contribution in [1.29, 1.82) is 0 Å². The Bertz CT molecular complexity index is 2960. The second kappa shape index (κ2) is 21.8. The first-order valence-corrected chi connectivity index (χ1v) is 22.9. The molecule has 0 unspecified atom stereocenters. The molecule has 0 nitrogen and oxygen atoms in total. The van der Waals surface area contributed by atoms with Gasteiger partial charge < -0.3 is 0 Å². The average Bonchev–Trinajstić information content (AvgIpc) is 3.38. The molecule has 65 heavy (non-hydrogen) atoms. The van der Waals surface area contributed by atoms with Crippen LogP contribution in [0.1, 0.15) is 66.8 Å². The van der Waals surface area contributed by atoms with Crippen molar-refractivity contribution < 1.29 is 0 Å². The van der Waals surface area contributed by atoms with Crippen molar-refractivity contribution in [3.8, 4) is 93.2 Å². The van der Waals surface area contributed by atoms with E-state index in [0.29, 0.717) is 0 Å². The van der Waals surface area contributed by atoms with Gasteiger partial charge in [0.05, 0.1) is 0 Å². The normalized spacial score (nSPS) is 9.48. The van der Waals surface area contributed by atoms with Crippen LogP contribution in [0, 0.1) is 93.2 Å². The quantitative estimate of drug-likeness (QED) is 0.105. The van der Waals surface area contributed by atoms with Crippen LogP contribution in [-0.2, 0) is 0 Å². The minimum absolute atomic E-state index is 0.821. The Balaban J connectivity index is 1.17. The standard InChI is InChI=1S/C64H36Si/c1-5-13-53(14-6-1)21-25-57-29-37-61(38-30-57)45-49-65(50-46-62-39-31-58(32-40-62)26-22-54-15-7-2-8-16-54,51-47-63-41-33-59(34-42-63)27-23-55-17-9-3-10-18-55)52-48-64-43-35-60(36-44-64)28-24-56-19-11-4-12-20-56/h1-20,29-44H. The topological polar surface area (TPSA) is 0 Å². The van der Waals surface area contributed by atoms with Crippen LogP contribution in [0.4, 0.5) is 0 Å². The van der Waals surface area contributed by atoms with E-state index in [1.165, 1.54) is 0 Å². The summed E-state index contributed by atoms with van der Waals surface area (Å²) in [5.41, 5.74) is 24.9. The molecule has 1 heteroatoms. The highest BCUT2D eigenvalue weighted by Crippen LogP contribution is 2.11. The Morgan fingerprint density at radius 1 is 0.154 bits per heavy atom. The van der Waals surface area contributed by atoms with Gasteiger partial charge in [-0.05, 0) is 146 Å². The van der Waals surface area contributed by atoms with Gasteiger partial charge in [-0.1, -0.05) is 166 Å². The van der Waals surface area contributed by atoms with Gasteiger partial charge >= 0.3 is 8.07 Å². The fourth-order valence-electron chi connectivity index (χ4n) is 6.06. The molecular weight excluding hydrogens is 797 g/mol. The van der Waals surface area contributed by atoms with E-state index in [2.05, 4.69) is 93.2 Å². The molecule has 0 saturated carbocycles. The van der Waals surface area contributed by atoms with E-state index in [-0.39, 0.29) is 0 Å². The molecule has 8 rings (SSSR count). The average molecular weight is 833 g/mol. The van der Waals surface area contributed by atoms with Crippen LogP contribution in [0.2, 0.25) is 0 Å². The number of hydrogen-bond donors (Lipinski definition) is 0. The molecular formula is C64H36Si. The summed E-state index contributed by atoms with van der Waals surface area (Å²) < 4.78 is 0. The van der Waals surface area contributed by atoms with Crippen LogP contribution in [0.5, 0.6) is 0 Å². The molecule has 0 aromatic heterocycles. The van der Waals surface area contributed by atoms with Crippen LogP contribution >= 0.6 is 0 Å². The fourth-order valence-corrected chi connectivity index (χ4v) is 7.76. The predicted molar refractivity (Wildman–Crippen MR) is 269 cm³/mol. The molecule has 0 spiro atoms. The van der Waals surface area contributed by atoms with E-state index in [0.717, 1.165) is 66.8 Å². The lowest BCUT2D eigenvalue weighted by Gasteiger charge is -2.05. The number of hydrogen-bond acceptors (Lipinski definition) is 0. The van der Waals surface area contributed by atoms with Gasteiger partial charge in [0.1, 0.15) is 0 Å². The highest BCUT2D eigenvalue weighted by molar-refractivity contribution is 7.06. The Labute approximate surface area is 384 Å². The minimum atomic E-state index is -3.37. The molecule has 0 fully saturated rings. The SMILES string of the molecule is C(#Cc1ccc(C#C[Si](C#Cc2ccc(C#Cc3ccccc3)cc2)(C#Cc2ccc(C#Cc3ccccc3)cc2)C#Cc2ccc(C#Cc3ccccc3)cc2)cc1)c1ccccc1. The molecule has 296 valence electrons. The van der Waals surface area contributed by atoms with Crippen molar-refractivity contribution in [3.63, 3.8) is 0 Å². The van der Waals surface area contributed by atoms with Crippen LogP contribution < -0.4 is 0 Å². The molecule has 8 aromatic carbocycles. The molecule has 0 saturated heterocycles. The Morgan fingerprint density at radius 2 is 0.292 bits per heavy atom. The van der Waals surface area contributed by atoms with Crippen molar-refractivity contribution in [2.45, 2.75) is 0 Å². The smallest absolute Gasteiger partial charge is 0.0825 e. The summed E-state index contributed by atoms with van der Waals surface area (Å²) in [6.45, 7) is 0. The van der Waals surface area contributed by atoms with Gasteiger partial charge in [-0.15, -0.1) is 0 Å². The Morgan fingerprint density at radius 3 is 0.462 bits per heavy atom. The lowest BCUT2D eigenvalue weighted by molar-refractivity contribution is 1.59. The van der Waals surface area contributed by atoms with Crippen LogP contribution in [-0.4, -0.2) is 8.07 Å². The van der Waals surface area contributed by atoms with Crippen molar-refractivity contribution in [2.75, 3.05) is 0 Å². The predicted octanol–water partition coefficient (Wildman–Crippen LogP) is 11.4. The fraction of sp³-hybridized carbons (Fsp3) is 0. The molecule has 8 aromatic rings. The van der Waals surface area contributed by atoms with E-state index >= 15 is 0 Å². The second-order valence-corrected chi connectivity index (χ2v) is 17.0. The van der Waals surface area contributed by atoms with Crippen LogP contribution in [0.15, 0.2) is 218 Å². The zero-order valence-electron chi connectivity index (χ0n) is 35.3. The largest absolute Gasteiger partial charge is 0.370 e. The zero-order valence-corrected chi connectivity index (χ0v) is 36.3. The van der Waals surface area contributed by atoms with Gasteiger partial charge in [-0.2, -0.15) is 0 Å². The van der Waals surface area contributed by atoms with Gasteiger partial charge in [0, 0.05) is 66.8 Å². The second-order valence-electron chi connectivity index (χ2n) is 14.5. The maximum atomic E-state index is 3.55. The summed E-state index contributed by atoms with van der Waals surface area (Å²) in [7, 11) is -3.37. The van der Waals surface area contributed by atoms with Gasteiger partial charge in [0.2, 0.25) is 0 Å². The molecule has 0 amide bonds. The third-order valence-electron chi connectivity index (χ3n) is 9.62. The highest BCUT2D eigenvalue weighted by Gasteiger charge is 2.26. The number of rotatable bonds is 0. The lowest BCUT2D eigenvalue weighted by Crippen LogP contribution is -2.29. The van der Waals surface area contributed by atoms with Crippen LogP contribution in [0.25, 0.3) is 0 Å². The van der Waals surface area contributed by atoms with E-state index < -0.39 is 8.07 Å². The van der Waals surface area contributed by atoms with Gasteiger partial charge in [0.15, 0.2) is 0 Å². The molecule has 0 heterocycles. The molecule has 0 radical (unpaired) electrons.